The van der Waals surface area contributed by atoms with Gasteiger partial charge in [0.25, 0.3) is 5.91 Å². The lowest BCUT2D eigenvalue weighted by Crippen LogP contribution is -2.38. The summed E-state index contributed by atoms with van der Waals surface area (Å²) in [6.07, 6.45) is 5.89. The number of ether oxygens (including phenoxy) is 1. The van der Waals surface area contributed by atoms with Crippen molar-refractivity contribution in [1.29, 1.82) is 0 Å². The minimum absolute atomic E-state index is 0.175. The van der Waals surface area contributed by atoms with Gasteiger partial charge in [0.15, 0.2) is 5.69 Å². The number of nitrogens with zero attached hydrogens (tertiary/aromatic N) is 5. The van der Waals surface area contributed by atoms with Crippen LogP contribution in [0.25, 0.3) is 0 Å². The van der Waals surface area contributed by atoms with Crippen LogP contribution in [0.2, 0.25) is 0 Å². The summed E-state index contributed by atoms with van der Waals surface area (Å²) in [7, 11) is -2.07. The molecule has 1 unspecified atom stereocenters. The molecule has 3 rings (SSSR count). The molecule has 2 aromatic rings. The number of aromatic nitrogens is 4. The number of rotatable bonds is 8. The van der Waals surface area contributed by atoms with E-state index in [4.69, 9.17) is 4.74 Å². The average Bonchev–Trinajstić information content (AvgIpc) is 3.33. The van der Waals surface area contributed by atoms with Gasteiger partial charge in [-0.1, -0.05) is 5.21 Å². The van der Waals surface area contributed by atoms with E-state index < -0.39 is 10.0 Å². The van der Waals surface area contributed by atoms with Crippen molar-refractivity contribution in [3.63, 3.8) is 0 Å². The van der Waals surface area contributed by atoms with Gasteiger partial charge in [-0.3, -0.25) is 14.5 Å². The SMILES string of the molecule is COCCNC(=O)c1cn(CC2CCCN2S(=O)(=O)c2cccnc2)nn1. The number of nitrogens with one attached hydrogen (secondary N) is 1. The Morgan fingerprint density at radius 3 is 3.04 bits per heavy atom. The van der Waals surface area contributed by atoms with Crippen molar-refractivity contribution in [3.8, 4) is 0 Å². The van der Waals surface area contributed by atoms with Crippen molar-refractivity contribution in [1.82, 2.24) is 29.6 Å². The lowest BCUT2D eigenvalue weighted by Gasteiger charge is -2.23. The Balaban J connectivity index is 1.68. The first-order valence-corrected chi connectivity index (χ1v) is 10.1. The summed E-state index contributed by atoms with van der Waals surface area (Å²) >= 11 is 0. The van der Waals surface area contributed by atoms with Gasteiger partial charge in [0.2, 0.25) is 10.0 Å². The van der Waals surface area contributed by atoms with Gasteiger partial charge >= 0.3 is 0 Å². The van der Waals surface area contributed by atoms with Gasteiger partial charge in [-0.2, -0.15) is 4.31 Å². The molecule has 0 aromatic carbocycles. The van der Waals surface area contributed by atoms with E-state index in [1.807, 2.05) is 0 Å². The Morgan fingerprint density at radius 1 is 1.44 bits per heavy atom. The molecule has 0 bridgehead atoms. The number of pyridine rings is 1. The number of hydrogen-bond acceptors (Lipinski definition) is 7. The van der Waals surface area contributed by atoms with Crippen LogP contribution < -0.4 is 5.32 Å². The number of methoxy groups -OCH3 is 1. The third-order valence-electron chi connectivity index (χ3n) is 4.32. The Bertz CT molecular complexity index is 870. The third kappa shape index (κ3) is 4.49. The van der Waals surface area contributed by atoms with E-state index in [2.05, 4.69) is 20.6 Å². The van der Waals surface area contributed by atoms with Gasteiger partial charge < -0.3 is 10.1 Å². The molecule has 146 valence electrons. The maximum atomic E-state index is 12.9. The molecule has 11 heteroatoms. The molecule has 0 saturated carbocycles. The van der Waals surface area contributed by atoms with Gasteiger partial charge in [-0.15, -0.1) is 5.10 Å². The molecule has 1 amide bonds. The third-order valence-corrected chi connectivity index (χ3v) is 6.26. The van der Waals surface area contributed by atoms with Gasteiger partial charge in [-0.25, -0.2) is 8.42 Å². The minimum Gasteiger partial charge on any atom is -0.383 e. The predicted octanol–water partition coefficient (Wildman–Crippen LogP) is -0.0974. The zero-order valence-electron chi connectivity index (χ0n) is 15.0. The van der Waals surface area contributed by atoms with E-state index in [0.29, 0.717) is 32.7 Å². The Labute approximate surface area is 157 Å². The Kier molecular flexibility index (Phi) is 6.14. The van der Waals surface area contributed by atoms with Crippen molar-refractivity contribution in [2.24, 2.45) is 0 Å². The van der Waals surface area contributed by atoms with Crippen LogP contribution in [-0.2, 0) is 21.3 Å². The largest absolute Gasteiger partial charge is 0.383 e. The zero-order chi connectivity index (χ0) is 19.3. The van der Waals surface area contributed by atoms with Crippen LogP contribution in [0.4, 0.5) is 0 Å². The molecule has 10 nitrogen and oxygen atoms in total. The quantitative estimate of drug-likeness (QED) is 0.621. The van der Waals surface area contributed by atoms with E-state index in [1.54, 1.807) is 13.2 Å². The van der Waals surface area contributed by atoms with Gasteiger partial charge in [0.1, 0.15) is 4.90 Å². The summed E-state index contributed by atoms with van der Waals surface area (Å²) in [6, 6.07) is 2.89. The molecule has 1 aliphatic heterocycles. The van der Waals surface area contributed by atoms with Crippen molar-refractivity contribution in [3.05, 3.63) is 36.4 Å². The summed E-state index contributed by atoms with van der Waals surface area (Å²) in [4.78, 5) is 16.1. The van der Waals surface area contributed by atoms with E-state index in [0.717, 1.165) is 6.42 Å². The van der Waals surface area contributed by atoms with Crippen molar-refractivity contribution in [2.75, 3.05) is 26.8 Å². The number of hydrogen-bond donors (Lipinski definition) is 1. The van der Waals surface area contributed by atoms with Crippen molar-refractivity contribution >= 4 is 15.9 Å². The fourth-order valence-electron chi connectivity index (χ4n) is 3.01. The molecule has 0 aliphatic carbocycles. The second-order valence-corrected chi connectivity index (χ2v) is 8.07. The molecule has 1 atom stereocenters. The van der Waals surface area contributed by atoms with E-state index >= 15 is 0 Å². The normalized spacial score (nSPS) is 17.9. The minimum atomic E-state index is -3.62. The van der Waals surface area contributed by atoms with E-state index in [9.17, 15) is 13.2 Å². The standard InChI is InChI=1S/C16H22N6O4S/c1-26-9-7-18-16(23)15-12-21(20-19-15)11-13-4-3-8-22(13)27(24,25)14-5-2-6-17-10-14/h2,5-6,10,12-13H,3-4,7-9,11H2,1H3,(H,18,23). The fraction of sp³-hybridized carbons (Fsp3) is 0.500. The highest BCUT2D eigenvalue weighted by molar-refractivity contribution is 7.89. The van der Waals surface area contributed by atoms with Crippen molar-refractivity contribution < 1.29 is 17.9 Å². The van der Waals surface area contributed by atoms with Gasteiger partial charge in [0, 0.05) is 38.6 Å². The van der Waals surface area contributed by atoms with Gasteiger partial charge in [0.05, 0.1) is 19.3 Å². The van der Waals surface area contributed by atoms with Crippen molar-refractivity contribution in [2.45, 2.75) is 30.3 Å². The predicted molar refractivity (Wildman–Crippen MR) is 95.4 cm³/mol. The average molecular weight is 394 g/mol. The van der Waals surface area contributed by atoms with Crippen LogP contribution >= 0.6 is 0 Å². The van der Waals surface area contributed by atoms with Crippen LogP contribution in [0.15, 0.2) is 35.6 Å². The Hall–Kier alpha value is -2.37. The first-order valence-electron chi connectivity index (χ1n) is 8.61. The number of sulfonamides is 1. The summed E-state index contributed by atoms with van der Waals surface area (Å²) in [5.41, 5.74) is 0.186. The number of carbonyl (C=O) groups is 1. The summed E-state index contributed by atoms with van der Waals surface area (Å²) < 4.78 is 33.6. The first-order chi connectivity index (χ1) is 13.0. The number of amides is 1. The van der Waals surface area contributed by atoms with E-state index in [-0.39, 0.29) is 22.5 Å². The molecule has 3 heterocycles. The highest BCUT2D eigenvalue weighted by Crippen LogP contribution is 2.26. The summed E-state index contributed by atoms with van der Waals surface area (Å²) in [5.74, 6) is -0.343. The van der Waals surface area contributed by atoms with Crippen LogP contribution in [0.1, 0.15) is 23.3 Å². The van der Waals surface area contributed by atoms with Crippen LogP contribution in [0.5, 0.6) is 0 Å². The topological polar surface area (TPSA) is 119 Å². The molecule has 0 radical (unpaired) electrons. The lowest BCUT2D eigenvalue weighted by molar-refractivity contribution is 0.0932. The van der Waals surface area contributed by atoms with Crippen LogP contribution in [0.3, 0.4) is 0 Å². The summed E-state index contributed by atoms with van der Waals surface area (Å²) in [5, 5.41) is 10.5. The molecule has 27 heavy (non-hydrogen) atoms. The molecule has 0 spiro atoms. The maximum Gasteiger partial charge on any atom is 0.273 e. The molecular formula is C16H22N6O4S. The fourth-order valence-corrected chi connectivity index (χ4v) is 4.66. The zero-order valence-corrected chi connectivity index (χ0v) is 15.8. The number of carbonyl (C=O) groups excluding carboxylic acids is 1. The lowest BCUT2D eigenvalue weighted by atomic mass is 10.2. The molecule has 1 saturated heterocycles. The smallest absolute Gasteiger partial charge is 0.273 e. The Morgan fingerprint density at radius 2 is 2.30 bits per heavy atom. The highest BCUT2D eigenvalue weighted by atomic mass is 32.2. The maximum absolute atomic E-state index is 12.9. The monoisotopic (exact) mass is 394 g/mol. The second-order valence-electron chi connectivity index (χ2n) is 6.18. The molecular weight excluding hydrogens is 372 g/mol. The van der Waals surface area contributed by atoms with E-state index in [1.165, 1.54) is 33.6 Å². The van der Waals surface area contributed by atoms with Crippen LogP contribution in [0, 0.1) is 0 Å². The van der Waals surface area contributed by atoms with Crippen LogP contribution in [-0.4, -0.2) is 71.5 Å². The molecule has 2 aromatic heterocycles. The second kappa shape index (κ2) is 8.55. The highest BCUT2D eigenvalue weighted by Gasteiger charge is 2.35. The van der Waals surface area contributed by atoms with Gasteiger partial charge in [-0.05, 0) is 25.0 Å². The summed E-state index contributed by atoms with van der Waals surface area (Å²) in [6.45, 7) is 1.56. The molecule has 1 aliphatic rings. The molecule has 1 N–H and O–H groups in total. The molecule has 1 fully saturated rings. The first kappa shape index (κ1) is 19.4.